The van der Waals surface area contributed by atoms with Gasteiger partial charge in [-0.05, 0) is 43.5 Å². The molecule has 0 saturated carbocycles. The lowest BCUT2D eigenvalue weighted by atomic mass is 9.98. The Morgan fingerprint density at radius 1 is 0.806 bits per heavy atom. The van der Waals surface area contributed by atoms with Crippen molar-refractivity contribution in [2.45, 2.75) is 13.8 Å². The molecular weight excluding hydrogens is 422 g/mol. The van der Waals surface area contributed by atoms with Gasteiger partial charge in [0.25, 0.3) is 0 Å². The summed E-state index contributed by atoms with van der Waals surface area (Å²) >= 11 is 0. The predicted octanol–water partition coefficient (Wildman–Crippen LogP) is 4.71. The van der Waals surface area contributed by atoms with E-state index in [2.05, 4.69) is 4.98 Å². The van der Waals surface area contributed by atoms with Crippen molar-refractivity contribution in [1.82, 2.24) is 4.98 Å². The smallest absolute Gasteiger partial charge is 0.203 e. The van der Waals surface area contributed by atoms with Crippen LogP contribution in [-0.2, 0) is 0 Å². The van der Waals surface area contributed by atoms with Crippen molar-refractivity contribution in [1.29, 1.82) is 0 Å². The number of rotatable bonds is 9. The van der Waals surface area contributed by atoms with E-state index in [1.807, 2.05) is 19.9 Å². The van der Waals surface area contributed by atoms with Gasteiger partial charge in [0.2, 0.25) is 5.75 Å². The highest BCUT2D eigenvalue weighted by atomic mass is 35.5. The first-order chi connectivity index (χ1) is 14.6. The van der Waals surface area contributed by atoms with Crippen LogP contribution >= 0.6 is 12.4 Å². The van der Waals surface area contributed by atoms with Crippen molar-refractivity contribution in [3.8, 4) is 28.7 Å². The number of benzene rings is 2. The number of carbonyl (C=O) groups is 1. The highest BCUT2D eigenvalue weighted by Crippen LogP contribution is 2.40. The third-order valence-corrected chi connectivity index (χ3v) is 4.62. The van der Waals surface area contributed by atoms with Crippen molar-refractivity contribution in [3.05, 3.63) is 47.8 Å². The Kier molecular flexibility index (Phi) is 8.33. The number of halogens is 1. The third kappa shape index (κ3) is 4.61. The van der Waals surface area contributed by atoms with Gasteiger partial charge in [0.15, 0.2) is 28.8 Å². The molecule has 166 valence electrons. The third-order valence-electron chi connectivity index (χ3n) is 4.62. The first kappa shape index (κ1) is 24.1. The summed E-state index contributed by atoms with van der Waals surface area (Å²) in [6.07, 6.45) is 3.20. The molecule has 1 heterocycles. The minimum atomic E-state index is -0.223. The molecule has 0 amide bonds. The van der Waals surface area contributed by atoms with Gasteiger partial charge in [-0.1, -0.05) is 0 Å². The number of ketones is 1. The largest absolute Gasteiger partial charge is 0.493 e. The number of pyridine rings is 1. The summed E-state index contributed by atoms with van der Waals surface area (Å²) in [5.41, 5.74) is 0.830. The monoisotopic (exact) mass is 447 g/mol. The summed E-state index contributed by atoms with van der Waals surface area (Å²) in [7, 11) is 4.60. The van der Waals surface area contributed by atoms with E-state index in [0.717, 1.165) is 0 Å². The Bertz CT molecular complexity index is 1040. The van der Waals surface area contributed by atoms with Crippen LogP contribution in [0.15, 0.2) is 36.7 Å². The van der Waals surface area contributed by atoms with Crippen molar-refractivity contribution in [2.75, 3.05) is 34.5 Å². The average molecular weight is 448 g/mol. The summed E-state index contributed by atoms with van der Waals surface area (Å²) in [6.45, 7) is 4.70. The van der Waals surface area contributed by atoms with E-state index in [1.165, 1.54) is 14.2 Å². The maximum absolute atomic E-state index is 13.4. The van der Waals surface area contributed by atoms with Crippen molar-refractivity contribution < 1.29 is 28.5 Å². The molecule has 1 aromatic heterocycles. The number of fused-ring (bicyclic) bond motifs is 1. The van der Waals surface area contributed by atoms with Crippen LogP contribution in [0.2, 0.25) is 0 Å². The number of nitrogens with zero attached hydrogens (tertiary/aromatic N) is 1. The fraction of sp³-hybridized carbons (Fsp3) is 0.304. The van der Waals surface area contributed by atoms with Crippen LogP contribution in [0.4, 0.5) is 0 Å². The molecule has 2 aromatic carbocycles. The van der Waals surface area contributed by atoms with Gasteiger partial charge >= 0.3 is 0 Å². The quantitative estimate of drug-likeness (QED) is 0.439. The fourth-order valence-corrected chi connectivity index (χ4v) is 3.31. The summed E-state index contributed by atoms with van der Waals surface area (Å²) in [6, 6.07) is 6.91. The van der Waals surface area contributed by atoms with Crippen LogP contribution in [0.3, 0.4) is 0 Å². The minimum absolute atomic E-state index is 0. The predicted molar refractivity (Wildman–Crippen MR) is 121 cm³/mol. The molecule has 31 heavy (non-hydrogen) atoms. The molecule has 0 saturated heterocycles. The van der Waals surface area contributed by atoms with Crippen LogP contribution in [0, 0.1) is 0 Å². The molecule has 7 nitrogen and oxygen atoms in total. The highest BCUT2D eigenvalue weighted by molar-refractivity contribution is 6.17. The van der Waals surface area contributed by atoms with Crippen molar-refractivity contribution >= 4 is 29.0 Å². The first-order valence-corrected chi connectivity index (χ1v) is 9.60. The van der Waals surface area contributed by atoms with E-state index in [1.54, 1.807) is 37.7 Å². The zero-order valence-electron chi connectivity index (χ0n) is 18.2. The van der Waals surface area contributed by atoms with Gasteiger partial charge in [-0.2, -0.15) is 0 Å². The highest BCUT2D eigenvalue weighted by Gasteiger charge is 2.21. The molecule has 0 spiro atoms. The Morgan fingerprint density at radius 3 is 2.00 bits per heavy atom. The van der Waals surface area contributed by atoms with Crippen LogP contribution < -0.4 is 23.7 Å². The molecular formula is C23H26ClNO6. The van der Waals surface area contributed by atoms with Gasteiger partial charge in [0.05, 0.1) is 34.5 Å². The molecule has 0 fully saturated rings. The fourth-order valence-electron chi connectivity index (χ4n) is 3.31. The number of hydrogen-bond acceptors (Lipinski definition) is 7. The number of hydrogen-bond donors (Lipinski definition) is 0. The van der Waals surface area contributed by atoms with Crippen molar-refractivity contribution in [2.24, 2.45) is 0 Å². The lowest BCUT2D eigenvalue weighted by molar-refractivity contribution is 0.103. The van der Waals surface area contributed by atoms with E-state index in [9.17, 15) is 4.79 Å². The van der Waals surface area contributed by atoms with Gasteiger partial charge < -0.3 is 23.7 Å². The standard InChI is InChI=1S/C23H25NO6.ClH/c1-6-29-18-9-8-15-16(12-24-13-17(15)22(18)28-5)21(25)14-10-19(26-3)23(30-7-2)20(11-14)27-4;/h8-13H,6-7H2,1-5H3;1H. The van der Waals surface area contributed by atoms with E-state index in [0.29, 0.717) is 63.9 Å². The summed E-state index contributed by atoms with van der Waals surface area (Å²) < 4.78 is 27.6. The number of carbonyl (C=O) groups excluding carboxylic acids is 1. The van der Waals surface area contributed by atoms with Crippen molar-refractivity contribution in [3.63, 3.8) is 0 Å². The molecule has 0 aliphatic rings. The van der Waals surface area contributed by atoms with Crippen LogP contribution in [0.1, 0.15) is 29.8 Å². The lowest BCUT2D eigenvalue weighted by Gasteiger charge is -2.16. The zero-order chi connectivity index (χ0) is 21.7. The van der Waals surface area contributed by atoms with Gasteiger partial charge in [-0.3, -0.25) is 9.78 Å². The van der Waals surface area contributed by atoms with Gasteiger partial charge in [0.1, 0.15) is 0 Å². The second kappa shape index (κ2) is 10.7. The first-order valence-electron chi connectivity index (χ1n) is 9.60. The SMILES string of the molecule is CCOc1ccc2c(C(=O)c3cc(OC)c(OCC)c(OC)c3)cncc2c1OC.Cl. The second-order valence-electron chi connectivity index (χ2n) is 6.28. The molecule has 0 aliphatic heterocycles. The molecule has 8 heteroatoms. The number of aromatic nitrogens is 1. The summed E-state index contributed by atoms with van der Waals surface area (Å²) in [5.74, 6) is 2.21. The minimum Gasteiger partial charge on any atom is -0.493 e. The van der Waals surface area contributed by atoms with Crippen LogP contribution in [0.25, 0.3) is 10.8 Å². The Hall–Kier alpha value is -3.19. The van der Waals surface area contributed by atoms with Gasteiger partial charge in [0, 0.05) is 28.9 Å². The van der Waals surface area contributed by atoms with Gasteiger partial charge in [-0.25, -0.2) is 0 Å². The number of ether oxygens (including phenoxy) is 5. The molecule has 0 bridgehead atoms. The Labute approximate surface area is 187 Å². The summed E-state index contributed by atoms with van der Waals surface area (Å²) in [4.78, 5) is 17.7. The van der Waals surface area contributed by atoms with E-state index in [4.69, 9.17) is 23.7 Å². The number of methoxy groups -OCH3 is 3. The van der Waals surface area contributed by atoms with Crippen LogP contribution in [-0.4, -0.2) is 45.3 Å². The molecule has 0 atom stereocenters. The lowest BCUT2D eigenvalue weighted by Crippen LogP contribution is -2.06. The van der Waals surface area contributed by atoms with Crippen LogP contribution in [0.5, 0.6) is 28.7 Å². The molecule has 3 rings (SSSR count). The summed E-state index contributed by atoms with van der Waals surface area (Å²) in [5, 5.41) is 1.40. The maximum atomic E-state index is 13.4. The normalized spacial score (nSPS) is 10.2. The maximum Gasteiger partial charge on any atom is 0.203 e. The molecule has 0 aliphatic carbocycles. The molecule has 3 aromatic rings. The zero-order valence-corrected chi connectivity index (χ0v) is 19.0. The molecule has 0 radical (unpaired) electrons. The van der Waals surface area contributed by atoms with Gasteiger partial charge in [-0.15, -0.1) is 12.4 Å². The average Bonchev–Trinajstić information content (AvgIpc) is 2.78. The Morgan fingerprint density at radius 2 is 1.45 bits per heavy atom. The second-order valence-corrected chi connectivity index (χ2v) is 6.28. The molecule has 0 unspecified atom stereocenters. The van der Waals surface area contributed by atoms with E-state index in [-0.39, 0.29) is 18.2 Å². The molecule has 0 N–H and O–H groups in total. The van der Waals surface area contributed by atoms with E-state index >= 15 is 0 Å². The Balaban J connectivity index is 0.00000341. The topological polar surface area (TPSA) is 76.1 Å². The van der Waals surface area contributed by atoms with E-state index < -0.39 is 0 Å².